The molecule has 2 atom stereocenters. The third-order valence-electron chi connectivity index (χ3n) is 5.06. The van der Waals surface area contributed by atoms with E-state index in [-0.39, 0.29) is 6.04 Å². The first-order valence-electron chi connectivity index (χ1n) is 8.29. The standard InChI is InChI=1S/C16H30N2O2/c1-3-15(16(19)20)18-8-4-5-14(12-18)11-17-9-6-13(2)7-10-17/h13-15H,3-12H2,1-2H3,(H,19,20)/t14-,15+/m1/s1. The van der Waals surface area contributed by atoms with Crippen LogP contribution in [0.3, 0.4) is 0 Å². The second-order valence-electron chi connectivity index (χ2n) is 6.75. The highest BCUT2D eigenvalue weighted by Crippen LogP contribution is 2.23. The van der Waals surface area contributed by atoms with Crippen molar-refractivity contribution < 1.29 is 9.90 Å². The van der Waals surface area contributed by atoms with Gasteiger partial charge in [0.2, 0.25) is 0 Å². The van der Waals surface area contributed by atoms with E-state index in [0.29, 0.717) is 12.3 Å². The highest BCUT2D eigenvalue weighted by molar-refractivity contribution is 5.73. The van der Waals surface area contributed by atoms with E-state index in [4.69, 9.17) is 0 Å². The van der Waals surface area contributed by atoms with Gasteiger partial charge in [0.25, 0.3) is 0 Å². The number of carbonyl (C=O) groups is 1. The van der Waals surface area contributed by atoms with Crippen LogP contribution in [0.1, 0.15) is 46.0 Å². The lowest BCUT2D eigenvalue weighted by Crippen LogP contribution is -2.49. The van der Waals surface area contributed by atoms with E-state index in [1.54, 1.807) is 0 Å². The van der Waals surface area contributed by atoms with E-state index in [0.717, 1.165) is 25.4 Å². The van der Waals surface area contributed by atoms with Gasteiger partial charge in [0.05, 0.1) is 0 Å². The van der Waals surface area contributed by atoms with Crippen molar-refractivity contribution in [1.29, 1.82) is 0 Å². The van der Waals surface area contributed by atoms with Crippen molar-refractivity contribution in [2.45, 2.75) is 52.0 Å². The number of nitrogens with zero attached hydrogens (tertiary/aromatic N) is 2. The van der Waals surface area contributed by atoms with E-state index in [9.17, 15) is 9.90 Å². The van der Waals surface area contributed by atoms with Gasteiger partial charge in [0.1, 0.15) is 6.04 Å². The maximum absolute atomic E-state index is 11.3. The maximum atomic E-state index is 11.3. The molecule has 1 N–H and O–H groups in total. The minimum absolute atomic E-state index is 0.279. The van der Waals surface area contributed by atoms with Crippen molar-refractivity contribution in [2.24, 2.45) is 11.8 Å². The number of piperidine rings is 2. The fraction of sp³-hybridized carbons (Fsp3) is 0.938. The Morgan fingerprint density at radius 2 is 1.95 bits per heavy atom. The highest BCUT2D eigenvalue weighted by Gasteiger charge is 2.30. The molecule has 4 heteroatoms. The molecular formula is C16H30N2O2. The fourth-order valence-electron chi connectivity index (χ4n) is 3.73. The summed E-state index contributed by atoms with van der Waals surface area (Å²) in [6.45, 7) is 9.88. The predicted octanol–water partition coefficient (Wildman–Crippen LogP) is 2.29. The number of carboxylic acid groups (broad SMARTS) is 1. The topological polar surface area (TPSA) is 43.8 Å². The Balaban J connectivity index is 1.82. The SMILES string of the molecule is CC[C@@H](C(=O)O)N1CCC[C@H](CN2CCC(C)CC2)C1. The second-order valence-corrected chi connectivity index (χ2v) is 6.75. The first-order chi connectivity index (χ1) is 9.60. The Morgan fingerprint density at radius 1 is 1.25 bits per heavy atom. The Labute approximate surface area is 123 Å². The van der Waals surface area contributed by atoms with E-state index in [2.05, 4.69) is 16.7 Å². The molecule has 2 rings (SSSR count). The average molecular weight is 282 g/mol. The Hall–Kier alpha value is -0.610. The zero-order valence-corrected chi connectivity index (χ0v) is 13.1. The number of likely N-dealkylation sites (tertiary alicyclic amines) is 2. The quantitative estimate of drug-likeness (QED) is 0.840. The number of aliphatic carboxylic acids is 1. The lowest BCUT2D eigenvalue weighted by molar-refractivity contribution is -0.144. The van der Waals surface area contributed by atoms with E-state index in [1.165, 1.54) is 38.9 Å². The lowest BCUT2D eigenvalue weighted by Gasteiger charge is -2.39. The molecule has 116 valence electrons. The summed E-state index contributed by atoms with van der Waals surface area (Å²) in [5.41, 5.74) is 0. The van der Waals surface area contributed by atoms with Gasteiger partial charge in [-0.05, 0) is 63.6 Å². The molecule has 4 nitrogen and oxygen atoms in total. The van der Waals surface area contributed by atoms with Gasteiger partial charge in [-0.1, -0.05) is 13.8 Å². The summed E-state index contributed by atoms with van der Waals surface area (Å²) in [6, 6.07) is -0.279. The van der Waals surface area contributed by atoms with Gasteiger partial charge in [0, 0.05) is 13.1 Å². The van der Waals surface area contributed by atoms with Crippen LogP contribution in [0.5, 0.6) is 0 Å². The molecule has 0 aromatic heterocycles. The van der Waals surface area contributed by atoms with Crippen LogP contribution < -0.4 is 0 Å². The summed E-state index contributed by atoms with van der Waals surface area (Å²) in [6.07, 6.45) is 5.77. The third-order valence-corrected chi connectivity index (χ3v) is 5.06. The van der Waals surface area contributed by atoms with E-state index < -0.39 is 5.97 Å². The summed E-state index contributed by atoms with van der Waals surface area (Å²) in [4.78, 5) is 16.1. The van der Waals surface area contributed by atoms with E-state index in [1.807, 2.05) is 6.92 Å². The van der Waals surface area contributed by atoms with Gasteiger partial charge in [-0.2, -0.15) is 0 Å². The fourth-order valence-corrected chi connectivity index (χ4v) is 3.73. The van der Waals surface area contributed by atoms with Crippen molar-refractivity contribution in [3.8, 4) is 0 Å². The third kappa shape index (κ3) is 4.19. The molecule has 0 amide bonds. The van der Waals surface area contributed by atoms with Crippen LogP contribution in [0.4, 0.5) is 0 Å². The molecule has 0 bridgehead atoms. The van der Waals surface area contributed by atoms with Gasteiger partial charge in [-0.15, -0.1) is 0 Å². The number of hydrogen-bond acceptors (Lipinski definition) is 3. The minimum atomic E-state index is -0.653. The molecule has 0 aromatic rings. The summed E-state index contributed by atoms with van der Waals surface area (Å²) in [5.74, 6) is 0.885. The summed E-state index contributed by atoms with van der Waals surface area (Å²) in [7, 11) is 0. The van der Waals surface area contributed by atoms with Crippen molar-refractivity contribution in [1.82, 2.24) is 9.80 Å². The van der Waals surface area contributed by atoms with Crippen LogP contribution in [-0.4, -0.2) is 59.6 Å². The van der Waals surface area contributed by atoms with Gasteiger partial charge in [-0.25, -0.2) is 0 Å². The van der Waals surface area contributed by atoms with Gasteiger partial charge in [-0.3, -0.25) is 9.69 Å². The molecule has 2 aliphatic heterocycles. The molecule has 2 heterocycles. The van der Waals surface area contributed by atoms with Crippen LogP contribution in [-0.2, 0) is 4.79 Å². The molecule has 0 unspecified atom stereocenters. The molecular weight excluding hydrogens is 252 g/mol. The first kappa shape index (κ1) is 15.8. The Morgan fingerprint density at radius 3 is 2.55 bits per heavy atom. The second kappa shape index (κ2) is 7.41. The van der Waals surface area contributed by atoms with Crippen LogP contribution in [0.25, 0.3) is 0 Å². The van der Waals surface area contributed by atoms with Crippen LogP contribution in [0.2, 0.25) is 0 Å². The number of carboxylic acids is 1. The minimum Gasteiger partial charge on any atom is -0.480 e. The normalized spacial score (nSPS) is 28.4. The van der Waals surface area contributed by atoms with Crippen molar-refractivity contribution in [3.05, 3.63) is 0 Å². The van der Waals surface area contributed by atoms with Crippen molar-refractivity contribution >= 4 is 5.97 Å². The average Bonchev–Trinajstić information content (AvgIpc) is 2.42. The molecule has 0 spiro atoms. The van der Waals surface area contributed by atoms with Gasteiger partial charge in [0.15, 0.2) is 0 Å². The van der Waals surface area contributed by atoms with E-state index >= 15 is 0 Å². The number of hydrogen-bond donors (Lipinski definition) is 1. The molecule has 2 fully saturated rings. The Bertz CT molecular complexity index is 314. The summed E-state index contributed by atoms with van der Waals surface area (Å²) < 4.78 is 0. The molecule has 0 aliphatic carbocycles. The zero-order valence-electron chi connectivity index (χ0n) is 13.1. The van der Waals surface area contributed by atoms with Crippen LogP contribution in [0.15, 0.2) is 0 Å². The maximum Gasteiger partial charge on any atom is 0.320 e. The van der Waals surface area contributed by atoms with Gasteiger partial charge >= 0.3 is 5.97 Å². The lowest BCUT2D eigenvalue weighted by atomic mass is 9.93. The first-order valence-corrected chi connectivity index (χ1v) is 8.29. The molecule has 0 saturated carbocycles. The predicted molar refractivity (Wildman–Crippen MR) is 80.8 cm³/mol. The monoisotopic (exact) mass is 282 g/mol. The highest BCUT2D eigenvalue weighted by atomic mass is 16.4. The smallest absolute Gasteiger partial charge is 0.320 e. The van der Waals surface area contributed by atoms with Crippen molar-refractivity contribution in [2.75, 3.05) is 32.7 Å². The van der Waals surface area contributed by atoms with Crippen molar-refractivity contribution in [3.63, 3.8) is 0 Å². The molecule has 2 aliphatic rings. The molecule has 0 aromatic carbocycles. The number of rotatable bonds is 5. The molecule has 20 heavy (non-hydrogen) atoms. The van der Waals surface area contributed by atoms with Gasteiger partial charge < -0.3 is 10.0 Å². The molecule has 0 radical (unpaired) electrons. The Kier molecular flexibility index (Phi) is 5.85. The largest absolute Gasteiger partial charge is 0.480 e. The van der Waals surface area contributed by atoms with Crippen LogP contribution >= 0.6 is 0 Å². The zero-order chi connectivity index (χ0) is 14.5. The van der Waals surface area contributed by atoms with Crippen LogP contribution in [0, 0.1) is 11.8 Å². The summed E-state index contributed by atoms with van der Waals surface area (Å²) in [5, 5.41) is 9.31. The molecule has 2 saturated heterocycles. The summed E-state index contributed by atoms with van der Waals surface area (Å²) >= 11 is 0.